The second-order valence-electron chi connectivity index (χ2n) is 6.37. The predicted molar refractivity (Wildman–Crippen MR) is 108 cm³/mol. The highest BCUT2D eigenvalue weighted by Gasteiger charge is 2.26. The predicted octanol–water partition coefficient (Wildman–Crippen LogP) is 5.02. The van der Waals surface area contributed by atoms with Crippen molar-refractivity contribution in [3.8, 4) is 0 Å². The lowest BCUT2D eigenvalue weighted by atomic mass is 10.1. The van der Waals surface area contributed by atoms with Crippen LogP contribution >= 0.6 is 10.3 Å². The molecule has 0 atom stereocenters. The van der Waals surface area contributed by atoms with Crippen molar-refractivity contribution in [3.05, 3.63) is 96.1 Å². The van der Waals surface area contributed by atoms with Gasteiger partial charge in [0.15, 0.2) is 0 Å². The van der Waals surface area contributed by atoms with Gasteiger partial charge in [-0.3, -0.25) is 0 Å². The monoisotopic (exact) mass is 386 g/mol. The molecule has 0 unspecified atom stereocenters. The summed E-state index contributed by atoms with van der Waals surface area (Å²) in [5.41, 5.74) is 2.25. The normalized spacial score (nSPS) is 12.7. The number of hydrogen-bond acceptors (Lipinski definition) is 3. The van der Waals surface area contributed by atoms with E-state index in [-0.39, 0.29) is 4.90 Å². The molecule has 0 spiro atoms. The van der Waals surface area contributed by atoms with Crippen LogP contribution in [0.15, 0.2) is 94.7 Å². The van der Waals surface area contributed by atoms with Gasteiger partial charge in [0.2, 0.25) is 0 Å². The van der Waals surface area contributed by atoms with Crippen LogP contribution in [0.5, 0.6) is 0 Å². The Labute approximate surface area is 157 Å². The maximum absolute atomic E-state index is 12.7. The molecule has 0 aliphatic carbocycles. The summed E-state index contributed by atoms with van der Waals surface area (Å²) in [5.74, 6) is 0. The second kappa shape index (κ2) is 7.66. The summed E-state index contributed by atoms with van der Waals surface area (Å²) in [4.78, 5) is 1.08. The number of hydrogen-bond donors (Lipinski definition) is 0. The molecule has 5 heteroatoms. The molecule has 3 aromatic carbocycles. The Morgan fingerprint density at radius 1 is 0.654 bits per heavy atom. The molecule has 0 fully saturated rings. The van der Waals surface area contributed by atoms with Gasteiger partial charge in [-0.15, -0.1) is 0 Å². The van der Waals surface area contributed by atoms with E-state index in [0.29, 0.717) is 0 Å². The molecule has 0 radical (unpaired) electrons. The SMILES string of the molecule is CS(C)(OS(=O)(=O)c1ccc(Cc2ccccc2)cc1)c1ccccc1. The van der Waals surface area contributed by atoms with E-state index in [0.717, 1.165) is 16.9 Å². The molecule has 0 amide bonds. The summed E-state index contributed by atoms with van der Waals surface area (Å²) >= 11 is 0. The molecular formula is C21H22O3S2. The highest BCUT2D eigenvalue weighted by atomic mass is 32.3. The number of benzene rings is 3. The van der Waals surface area contributed by atoms with Crippen LogP contribution in [0.2, 0.25) is 0 Å². The first-order valence-electron chi connectivity index (χ1n) is 8.24. The van der Waals surface area contributed by atoms with Crippen molar-refractivity contribution in [2.45, 2.75) is 16.2 Å². The largest absolute Gasteiger partial charge is 0.306 e. The van der Waals surface area contributed by atoms with Crippen molar-refractivity contribution in [2.75, 3.05) is 12.5 Å². The zero-order valence-corrected chi connectivity index (χ0v) is 16.5. The fourth-order valence-electron chi connectivity index (χ4n) is 2.66. The van der Waals surface area contributed by atoms with Crippen LogP contribution in [0.25, 0.3) is 0 Å². The Hall–Kier alpha value is -2.08. The first-order chi connectivity index (χ1) is 12.4. The topological polar surface area (TPSA) is 43.4 Å². The minimum absolute atomic E-state index is 0.186. The molecular weight excluding hydrogens is 364 g/mol. The minimum atomic E-state index is -3.82. The molecule has 3 nitrogen and oxygen atoms in total. The molecule has 0 aromatic heterocycles. The van der Waals surface area contributed by atoms with Gasteiger partial charge in [-0.05, 0) is 54.3 Å². The molecule has 0 N–H and O–H groups in total. The van der Waals surface area contributed by atoms with E-state index in [1.807, 2.05) is 73.2 Å². The van der Waals surface area contributed by atoms with Crippen LogP contribution in [0.3, 0.4) is 0 Å². The molecule has 0 aliphatic heterocycles. The Kier molecular flexibility index (Phi) is 5.51. The van der Waals surface area contributed by atoms with E-state index in [1.54, 1.807) is 12.1 Å². The van der Waals surface area contributed by atoms with Crippen molar-refractivity contribution >= 4 is 20.4 Å². The molecule has 3 aromatic rings. The standard InChI is InChI=1S/C21H22O3S2/c1-25(2,20-11-7-4-8-12-20)24-26(22,23)21-15-13-19(14-16-21)17-18-9-5-3-6-10-18/h3-16H,17H2,1-2H3. The summed E-state index contributed by atoms with van der Waals surface area (Å²) in [6, 6.07) is 26.5. The molecule has 0 aliphatic rings. The first kappa shape index (κ1) is 18.7. The van der Waals surface area contributed by atoms with Crippen molar-refractivity contribution in [1.29, 1.82) is 0 Å². The molecule has 0 heterocycles. The van der Waals surface area contributed by atoms with Gasteiger partial charge < -0.3 is 0 Å². The second-order valence-corrected chi connectivity index (χ2v) is 11.2. The molecule has 0 saturated heterocycles. The van der Waals surface area contributed by atoms with Crippen LogP contribution in [-0.4, -0.2) is 20.9 Å². The van der Waals surface area contributed by atoms with E-state index in [4.69, 9.17) is 3.63 Å². The van der Waals surface area contributed by atoms with Crippen molar-refractivity contribution in [1.82, 2.24) is 0 Å². The lowest BCUT2D eigenvalue weighted by molar-refractivity contribution is 0.511. The van der Waals surface area contributed by atoms with E-state index < -0.39 is 20.4 Å². The summed E-state index contributed by atoms with van der Waals surface area (Å²) in [7, 11) is -5.73. The summed E-state index contributed by atoms with van der Waals surface area (Å²) < 4.78 is 31.0. The summed E-state index contributed by atoms with van der Waals surface area (Å²) in [6.45, 7) is 0. The Bertz CT molecular complexity index is 949. The van der Waals surface area contributed by atoms with Gasteiger partial charge in [0.25, 0.3) is 0 Å². The third kappa shape index (κ3) is 4.55. The van der Waals surface area contributed by atoms with Gasteiger partial charge in [-0.1, -0.05) is 71.0 Å². The fraction of sp³-hybridized carbons (Fsp3) is 0.143. The van der Waals surface area contributed by atoms with E-state index in [2.05, 4.69) is 12.1 Å². The Morgan fingerprint density at radius 2 is 1.15 bits per heavy atom. The lowest BCUT2D eigenvalue weighted by Gasteiger charge is -2.30. The average molecular weight is 387 g/mol. The van der Waals surface area contributed by atoms with E-state index >= 15 is 0 Å². The Balaban J connectivity index is 1.77. The van der Waals surface area contributed by atoms with Crippen molar-refractivity contribution in [3.63, 3.8) is 0 Å². The van der Waals surface area contributed by atoms with Crippen molar-refractivity contribution in [2.24, 2.45) is 0 Å². The van der Waals surface area contributed by atoms with Gasteiger partial charge in [-0.2, -0.15) is 8.42 Å². The quantitative estimate of drug-likeness (QED) is 0.597. The zero-order chi connectivity index (χ0) is 18.6. The molecule has 136 valence electrons. The highest BCUT2D eigenvalue weighted by molar-refractivity contribution is 8.32. The molecule has 26 heavy (non-hydrogen) atoms. The van der Waals surface area contributed by atoms with Crippen LogP contribution < -0.4 is 0 Å². The van der Waals surface area contributed by atoms with Gasteiger partial charge >= 0.3 is 10.1 Å². The van der Waals surface area contributed by atoms with Crippen LogP contribution in [0.1, 0.15) is 11.1 Å². The Morgan fingerprint density at radius 3 is 1.73 bits per heavy atom. The van der Waals surface area contributed by atoms with Crippen molar-refractivity contribution < 1.29 is 12.0 Å². The smallest absolute Gasteiger partial charge is 0.212 e. The van der Waals surface area contributed by atoms with Crippen LogP contribution in [0, 0.1) is 0 Å². The fourth-order valence-corrected chi connectivity index (χ4v) is 6.36. The highest BCUT2D eigenvalue weighted by Crippen LogP contribution is 2.52. The van der Waals surface area contributed by atoms with Crippen LogP contribution in [-0.2, 0) is 20.2 Å². The molecule has 0 bridgehead atoms. The maximum Gasteiger partial charge on any atom is 0.306 e. The molecule has 0 saturated carbocycles. The third-order valence-electron chi connectivity index (χ3n) is 4.03. The maximum atomic E-state index is 12.7. The van der Waals surface area contributed by atoms with E-state index in [1.165, 1.54) is 5.56 Å². The summed E-state index contributed by atoms with van der Waals surface area (Å²) in [6.07, 6.45) is 4.44. The van der Waals surface area contributed by atoms with Gasteiger partial charge in [-0.25, -0.2) is 3.63 Å². The average Bonchev–Trinajstić information content (AvgIpc) is 2.63. The van der Waals surface area contributed by atoms with Gasteiger partial charge in [0, 0.05) is 4.90 Å². The van der Waals surface area contributed by atoms with E-state index in [9.17, 15) is 8.42 Å². The summed E-state index contributed by atoms with van der Waals surface area (Å²) in [5, 5.41) is 0. The zero-order valence-electron chi connectivity index (χ0n) is 14.8. The third-order valence-corrected chi connectivity index (χ3v) is 8.37. The minimum Gasteiger partial charge on any atom is -0.212 e. The van der Waals surface area contributed by atoms with Gasteiger partial charge in [0.05, 0.1) is 4.90 Å². The first-order valence-corrected chi connectivity index (χ1v) is 12.0. The number of rotatable bonds is 6. The molecule has 3 rings (SSSR count). The lowest BCUT2D eigenvalue weighted by Crippen LogP contribution is -2.11. The van der Waals surface area contributed by atoms with Crippen LogP contribution in [0.4, 0.5) is 0 Å². The van der Waals surface area contributed by atoms with Gasteiger partial charge in [0.1, 0.15) is 0 Å².